The number of imide groups is 1. The number of ketones is 1. The summed E-state index contributed by atoms with van der Waals surface area (Å²) < 4.78 is 5.63. The molecule has 2 bridgehead atoms. The van der Waals surface area contributed by atoms with Crippen LogP contribution < -0.4 is 4.90 Å². The number of anilines is 1. The van der Waals surface area contributed by atoms with E-state index in [1.807, 2.05) is 24.3 Å². The molecule has 7 rings (SSSR count). The summed E-state index contributed by atoms with van der Waals surface area (Å²) in [6.45, 7) is 1.56. The minimum atomic E-state index is -0.977. The Morgan fingerprint density at radius 2 is 1.47 bits per heavy atom. The molecule has 3 fully saturated rings. The maximum atomic E-state index is 13.5. The zero-order chi connectivity index (χ0) is 30.0. The van der Waals surface area contributed by atoms with Gasteiger partial charge in [0.05, 0.1) is 34.3 Å². The summed E-state index contributed by atoms with van der Waals surface area (Å²) >= 11 is 7.47. The lowest BCUT2D eigenvalue weighted by Crippen LogP contribution is -2.37. The van der Waals surface area contributed by atoms with Gasteiger partial charge in [-0.05, 0) is 49.4 Å². The molecule has 216 valence electrons. The molecule has 7 atom stereocenters. The van der Waals surface area contributed by atoms with Crippen molar-refractivity contribution in [3.05, 3.63) is 96.1 Å². The van der Waals surface area contributed by atoms with Gasteiger partial charge in [0, 0.05) is 26.2 Å². The van der Waals surface area contributed by atoms with Crippen LogP contribution in [0.3, 0.4) is 0 Å². The van der Waals surface area contributed by atoms with Crippen LogP contribution in [0, 0.1) is 23.7 Å². The van der Waals surface area contributed by atoms with Gasteiger partial charge in [-0.15, -0.1) is 0 Å². The van der Waals surface area contributed by atoms with Gasteiger partial charge in [0.2, 0.25) is 17.6 Å². The number of hydrogen-bond acceptors (Lipinski definition) is 6. The average molecular weight is 702 g/mol. The highest BCUT2D eigenvalue weighted by atomic mass is 79.9. The van der Waals surface area contributed by atoms with Gasteiger partial charge < -0.3 is 4.74 Å². The molecule has 0 spiro atoms. The minimum Gasteiger partial charge on any atom is -0.451 e. The third-order valence-electron chi connectivity index (χ3n) is 9.06. The van der Waals surface area contributed by atoms with Crippen LogP contribution in [0.5, 0.6) is 0 Å². The van der Waals surface area contributed by atoms with Crippen LogP contribution in [0.1, 0.15) is 34.1 Å². The number of hydrogen-bond donors (Lipinski definition) is 0. The fourth-order valence-corrected chi connectivity index (χ4v) is 8.86. The Bertz CT molecular complexity index is 1760. The number of aromatic nitrogens is 1. The maximum Gasteiger partial charge on any atom is 0.339 e. The summed E-state index contributed by atoms with van der Waals surface area (Å²) in [4.78, 5) is 59.6. The van der Waals surface area contributed by atoms with Gasteiger partial charge >= 0.3 is 5.97 Å². The zero-order valence-corrected chi connectivity index (χ0v) is 26.2. The number of fused-ring (bicyclic) bond motifs is 6. The maximum absolute atomic E-state index is 13.5. The summed E-state index contributed by atoms with van der Waals surface area (Å²) in [6.07, 6.45) is -0.0993. The van der Waals surface area contributed by atoms with Crippen LogP contribution in [0.25, 0.3) is 22.2 Å². The molecule has 43 heavy (non-hydrogen) atoms. The van der Waals surface area contributed by atoms with E-state index < -0.39 is 12.1 Å². The van der Waals surface area contributed by atoms with Crippen molar-refractivity contribution in [1.29, 1.82) is 0 Å². The lowest BCUT2D eigenvalue weighted by atomic mass is 9.81. The van der Waals surface area contributed by atoms with Crippen molar-refractivity contribution in [3.63, 3.8) is 0 Å². The molecule has 1 aliphatic heterocycles. The molecular weight excluding hydrogens is 676 g/mol. The van der Waals surface area contributed by atoms with Crippen molar-refractivity contribution in [3.8, 4) is 11.3 Å². The Morgan fingerprint density at radius 1 is 0.860 bits per heavy atom. The lowest BCUT2D eigenvalue weighted by Gasteiger charge is -2.28. The van der Waals surface area contributed by atoms with E-state index in [0.717, 1.165) is 6.42 Å². The number of alkyl halides is 2. The molecule has 2 amide bonds. The Hall–Kier alpha value is -3.69. The van der Waals surface area contributed by atoms with Crippen molar-refractivity contribution < 1.29 is 23.9 Å². The predicted octanol–water partition coefficient (Wildman–Crippen LogP) is 6.61. The van der Waals surface area contributed by atoms with Crippen molar-refractivity contribution >= 4 is 72.0 Å². The van der Waals surface area contributed by atoms with E-state index in [4.69, 9.17) is 9.72 Å². The van der Waals surface area contributed by atoms with Crippen LogP contribution in [-0.2, 0) is 14.3 Å². The fourth-order valence-electron chi connectivity index (χ4n) is 6.99. The number of rotatable bonds is 6. The number of amides is 2. The first-order valence-electron chi connectivity index (χ1n) is 14.2. The number of ether oxygens (including phenoxy) is 1. The van der Waals surface area contributed by atoms with Gasteiger partial charge in [-0.2, -0.15) is 0 Å². The van der Waals surface area contributed by atoms with Gasteiger partial charge in [0.1, 0.15) is 0 Å². The summed E-state index contributed by atoms with van der Waals surface area (Å²) in [5, 5.41) is 0.608. The number of carbonyl (C=O) groups excluding carboxylic acids is 4. The average Bonchev–Trinajstić information content (AvgIpc) is 3.65. The first-order valence-corrected chi connectivity index (χ1v) is 16.0. The van der Waals surface area contributed by atoms with Crippen molar-refractivity contribution in [2.45, 2.75) is 29.1 Å². The van der Waals surface area contributed by atoms with Gasteiger partial charge in [0.15, 0.2) is 6.10 Å². The standard InChI is InChI=1S/C34H26Br2N2O5/c1-17(31(39)19-7-3-2-4-8-19)43-34(42)22-16-26(37-25-10-6-5-9-21(22)25)18-11-13-20(14-12-18)38-32(40)27-23-15-24(28(27)33(38)41)30(36)29(23)35/h2-14,16-17,23-24,27-30H,15H2,1H3. The molecule has 0 radical (unpaired) electrons. The molecule has 4 aromatic rings. The molecule has 2 heterocycles. The van der Waals surface area contributed by atoms with E-state index in [1.165, 1.54) is 4.90 Å². The molecule has 7 nitrogen and oxygen atoms in total. The van der Waals surface area contributed by atoms with E-state index in [-0.39, 0.29) is 50.9 Å². The third-order valence-corrected chi connectivity index (χ3v) is 12.3. The number of halogens is 2. The summed E-state index contributed by atoms with van der Waals surface area (Å²) in [6, 6.07) is 24.7. The van der Waals surface area contributed by atoms with E-state index in [9.17, 15) is 19.2 Å². The molecule has 3 aliphatic rings. The zero-order valence-electron chi connectivity index (χ0n) is 23.0. The summed E-state index contributed by atoms with van der Waals surface area (Å²) in [7, 11) is 0. The monoisotopic (exact) mass is 700 g/mol. The predicted molar refractivity (Wildman–Crippen MR) is 169 cm³/mol. The van der Waals surface area contributed by atoms with Gasteiger partial charge in [0.25, 0.3) is 0 Å². The fraction of sp³-hybridized carbons (Fsp3) is 0.265. The second-order valence-corrected chi connectivity index (χ2v) is 13.5. The van der Waals surface area contributed by atoms with E-state index in [0.29, 0.717) is 39.0 Å². The topological polar surface area (TPSA) is 93.6 Å². The summed E-state index contributed by atoms with van der Waals surface area (Å²) in [5.41, 5.74) is 3.11. The number of nitrogens with zero attached hydrogens (tertiary/aromatic N) is 2. The number of pyridine rings is 1. The number of carbonyl (C=O) groups is 4. The third kappa shape index (κ3) is 4.55. The highest BCUT2D eigenvalue weighted by molar-refractivity contribution is 9.12. The molecule has 7 unspecified atom stereocenters. The van der Waals surface area contributed by atoms with E-state index >= 15 is 0 Å². The number of Topliss-reactive ketones (excluding diaryl/α,β-unsaturated/α-hetero) is 1. The smallest absolute Gasteiger partial charge is 0.339 e. The number of esters is 1. The lowest BCUT2D eigenvalue weighted by molar-refractivity contribution is -0.123. The van der Waals surface area contributed by atoms with Crippen LogP contribution in [0.4, 0.5) is 5.69 Å². The molecule has 0 N–H and O–H groups in total. The van der Waals surface area contributed by atoms with Crippen molar-refractivity contribution in [2.75, 3.05) is 4.90 Å². The molecule has 9 heteroatoms. The molecule has 3 aromatic carbocycles. The number of para-hydroxylation sites is 1. The van der Waals surface area contributed by atoms with E-state index in [1.54, 1.807) is 67.6 Å². The Morgan fingerprint density at radius 3 is 2.12 bits per heavy atom. The quantitative estimate of drug-likeness (QED) is 0.0972. The summed E-state index contributed by atoms with van der Waals surface area (Å²) in [5.74, 6) is -1.47. The van der Waals surface area contributed by atoms with Crippen molar-refractivity contribution in [2.24, 2.45) is 23.7 Å². The van der Waals surface area contributed by atoms with Crippen LogP contribution >= 0.6 is 31.9 Å². The SMILES string of the molecule is CC(OC(=O)c1cc(-c2ccc(N3C(=O)C4C5CC(C(Br)C5Br)C4C3=O)cc2)nc2ccccc12)C(=O)c1ccccc1. The van der Waals surface area contributed by atoms with Crippen LogP contribution in [0.2, 0.25) is 0 Å². The van der Waals surface area contributed by atoms with Gasteiger partial charge in [-0.25, -0.2) is 9.78 Å². The van der Waals surface area contributed by atoms with Gasteiger partial charge in [-0.1, -0.05) is 92.5 Å². The second-order valence-electron chi connectivity index (χ2n) is 11.4. The largest absolute Gasteiger partial charge is 0.451 e. The molecule has 2 aliphatic carbocycles. The van der Waals surface area contributed by atoms with E-state index in [2.05, 4.69) is 31.9 Å². The van der Waals surface area contributed by atoms with Gasteiger partial charge in [-0.3, -0.25) is 19.3 Å². The van der Waals surface area contributed by atoms with Crippen molar-refractivity contribution in [1.82, 2.24) is 4.98 Å². The normalized spacial score (nSPS) is 26.5. The highest BCUT2D eigenvalue weighted by Crippen LogP contribution is 2.60. The molecular formula is C34H26Br2N2O5. The molecule has 2 saturated carbocycles. The Kier molecular flexibility index (Phi) is 7.05. The Balaban J connectivity index is 1.16. The van der Waals surface area contributed by atoms with Crippen LogP contribution in [0.15, 0.2) is 84.9 Å². The first kappa shape index (κ1) is 28.1. The first-order chi connectivity index (χ1) is 20.7. The molecule has 1 aromatic heterocycles. The highest BCUT2D eigenvalue weighted by Gasteiger charge is 2.66. The number of benzene rings is 3. The second kappa shape index (κ2) is 10.8. The Labute approximate surface area is 264 Å². The minimum absolute atomic E-state index is 0.132. The molecule has 1 saturated heterocycles. The van der Waals surface area contributed by atoms with Crippen LogP contribution in [-0.4, -0.2) is 44.3 Å².